The van der Waals surface area contributed by atoms with Crippen molar-refractivity contribution in [1.82, 2.24) is 0 Å². The molecule has 0 aliphatic rings. The molecule has 0 aromatic heterocycles. The Bertz CT molecular complexity index is 38.7. The van der Waals surface area contributed by atoms with E-state index >= 15 is 0 Å². The van der Waals surface area contributed by atoms with E-state index in [-0.39, 0.29) is 55.5 Å². The fraction of sp³-hybridized carbons (Fsp3) is 0.750. The van der Waals surface area contributed by atoms with Gasteiger partial charge >= 0.3 is 48.9 Å². The van der Waals surface area contributed by atoms with Crippen LogP contribution in [0.1, 0.15) is 6.92 Å². The maximum atomic E-state index is 9.44. The van der Waals surface area contributed by atoms with Gasteiger partial charge in [-0.3, -0.25) is 0 Å². The second-order valence-corrected chi connectivity index (χ2v) is 0.826. The first-order valence-electron chi connectivity index (χ1n) is 1.93. The van der Waals surface area contributed by atoms with E-state index in [1.807, 2.05) is 6.92 Å². The van der Waals surface area contributed by atoms with E-state index in [9.17, 15) is 4.79 Å². The van der Waals surface area contributed by atoms with Crippen molar-refractivity contribution in [3.63, 3.8) is 0 Å². The molecule has 0 rings (SSSR count). The van der Waals surface area contributed by atoms with Gasteiger partial charge in [0, 0.05) is 6.61 Å². The molecule has 0 unspecified atom stereocenters. The molecule has 0 spiro atoms. The molecule has 0 aliphatic heterocycles. The molecule has 0 fully saturated rings. The molecule has 0 amide bonds. The molecule has 0 radical (unpaired) electrons. The van der Waals surface area contributed by atoms with Gasteiger partial charge in [0.15, 0.2) is 0 Å². The van der Waals surface area contributed by atoms with Crippen molar-refractivity contribution in [2.45, 2.75) is 6.92 Å². The summed E-state index contributed by atoms with van der Waals surface area (Å²) in [7, 11) is 0. The monoisotopic (exact) mass is 228 g/mol. The Hall–Kier alpha value is 1.20. The molecule has 0 atom stereocenters. The summed E-state index contributed by atoms with van der Waals surface area (Å²) in [5.41, 5.74) is 0. The normalized spacial score (nSPS) is 7.00. The van der Waals surface area contributed by atoms with Crippen LogP contribution in [0.25, 0.3) is 0 Å². The SMILES string of the molecule is CCOCC=O.[BaH2]. The van der Waals surface area contributed by atoms with Crippen LogP contribution in [-0.4, -0.2) is 68.4 Å². The van der Waals surface area contributed by atoms with Crippen molar-refractivity contribution in [2.75, 3.05) is 13.2 Å². The van der Waals surface area contributed by atoms with Gasteiger partial charge < -0.3 is 9.53 Å². The van der Waals surface area contributed by atoms with Gasteiger partial charge in [-0.25, -0.2) is 0 Å². The first-order valence-corrected chi connectivity index (χ1v) is 1.93. The minimum atomic E-state index is 0. The fourth-order valence-corrected chi connectivity index (χ4v) is 0.166. The summed E-state index contributed by atoms with van der Waals surface area (Å²) in [6.07, 6.45) is 0.740. The molecule has 0 heterocycles. The standard InChI is InChI=1S/C4H8O2.Ba.2H/c1-2-6-4-3-5;;;/h3H,2,4H2,1H3;;;. The Morgan fingerprint density at radius 1 is 1.71 bits per heavy atom. The van der Waals surface area contributed by atoms with Gasteiger partial charge in [0.05, 0.1) is 0 Å². The average Bonchev–Trinajstić information content (AvgIpc) is 1.61. The van der Waals surface area contributed by atoms with Crippen LogP contribution in [0.4, 0.5) is 0 Å². The number of ether oxygens (including phenoxy) is 1. The Balaban J connectivity index is 0. The number of aldehydes is 1. The Morgan fingerprint density at radius 3 is 2.43 bits per heavy atom. The molecular formula is C4H10BaO2. The third-order valence-electron chi connectivity index (χ3n) is 0.390. The van der Waals surface area contributed by atoms with Gasteiger partial charge in [0.1, 0.15) is 12.9 Å². The van der Waals surface area contributed by atoms with Crippen molar-refractivity contribution in [3.05, 3.63) is 0 Å². The van der Waals surface area contributed by atoms with E-state index in [0.717, 1.165) is 6.29 Å². The molecule has 0 N–H and O–H groups in total. The molecule has 0 aromatic carbocycles. The predicted molar refractivity (Wildman–Crippen MR) is 31.1 cm³/mol. The van der Waals surface area contributed by atoms with Crippen LogP contribution in [0.3, 0.4) is 0 Å². The second kappa shape index (κ2) is 10.2. The van der Waals surface area contributed by atoms with Crippen LogP contribution in [0, 0.1) is 0 Å². The van der Waals surface area contributed by atoms with Gasteiger partial charge in [-0.15, -0.1) is 0 Å². The van der Waals surface area contributed by atoms with Crippen LogP contribution < -0.4 is 0 Å². The van der Waals surface area contributed by atoms with E-state index in [1.165, 1.54) is 0 Å². The molecule has 0 saturated heterocycles. The number of rotatable bonds is 3. The van der Waals surface area contributed by atoms with Gasteiger partial charge in [0.25, 0.3) is 0 Å². The van der Waals surface area contributed by atoms with E-state index in [2.05, 4.69) is 4.74 Å². The molecule has 0 aromatic rings. The molecule has 7 heavy (non-hydrogen) atoms. The molecular weight excluding hydrogens is 217 g/mol. The Kier molecular flexibility index (Phi) is 16.2. The third-order valence-corrected chi connectivity index (χ3v) is 0.390. The van der Waals surface area contributed by atoms with E-state index in [1.54, 1.807) is 0 Å². The summed E-state index contributed by atoms with van der Waals surface area (Å²) in [5.74, 6) is 0. The minimum absolute atomic E-state index is 0. The molecule has 40 valence electrons. The molecule has 0 saturated carbocycles. The summed E-state index contributed by atoms with van der Waals surface area (Å²) in [6, 6.07) is 0. The maximum absolute atomic E-state index is 9.44. The van der Waals surface area contributed by atoms with Crippen LogP contribution in [-0.2, 0) is 9.53 Å². The summed E-state index contributed by atoms with van der Waals surface area (Å²) < 4.78 is 4.61. The van der Waals surface area contributed by atoms with Gasteiger partial charge in [0.2, 0.25) is 0 Å². The zero-order valence-corrected chi connectivity index (χ0v) is 3.81. The Morgan fingerprint density at radius 2 is 2.29 bits per heavy atom. The summed E-state index contributed by atoms with van der Waals surface area (Å²) in [4.78, 5) is 9.44. The zero-order valence-electron chi connectivity index (χ0n) is 3.81. The van der Waals surface area contributed by atoms with Crippen molar-refractivity contribution in [1.29, 1.82) is 0 Å². The fourth-order valence-electron chi connectivity index (χ4n) is 0.166. The topological polar surface area (TPSA) is 26.3 Å². The van der Waals surface area contributed by atoms with Crippen molar-refractivity contribution >= 4 is 55.2 Å². The summed E-state index contributed by atoms with van der Waals surface area (Å²) >= 11 is 0. The first kappa shape index (κ1) is 11.1. The van der Waals surface area contributed by atoms with Crippen LogP contribution in [0.5, 0.6) is 0 Å². The number of hydrogen-bond acceptors (Lipinski definition) is 2. The van der Waals surface area contributed by atoms with E-state index < -0.39 is 0 Å². The number of carbonyl (C=O) groups is 1. The van der Waals surface area contributed by atoms with Gasteiger partial charge in [-0.2, -0.15) is 0 Å². The summed E-state index contributed by atoms with van der Waals surface area (Å²) in [5, 5.41) is 0. The third kappa shape index (κ3) is 11.0. The van der Waals surface area contributed by atoms with Crippen LogP contribution in [0.15, 0.2) is 0 Å². The molecule has 0 aliphatic carbocycles. The van der Waals surface area contributed by atoms with Gasteiger partial charge in [-0.05, 0) is 6.92 Å². The number of carbonyl (C=O) groups excluding carboxylic acids is 1. The average molecular weight is 227 g/mol. The number of hydrogen-bond donors (Lipinski definition) is 0. The van der Waals surface area contributed by atoms with Gasteiger partial charge in [-0.1, -0.05) is 0 Å². The van der Waals surface area contributed by atoms with Crippen molar-refractivity contribution in [2.24, 2.45) is 0 Å². The molecule has 0 bridgehead atoms. The van der Waals surface area contributed by atoms with E-state index in [0.29, 0.717) is 6.61 Å². The first-order chi connectivity index (χ1) is 2.91. The zero-order chi connectivity index (χ0) is 4.83. The van der Waals surface area contributed by atoms with Crippen molar-refractivity contribution in [3.8, 4) is 0 Å². The van der Waals surface area contributed by atoms with Crippen LogP contribution in [0.2, 0.25) is 0 Å². The van der Waals surface area contributed by atoms with Crippen molar-refractivity contribution < 1.29 is 9.53 Å². The summed E-state index contributed by atoms with van der Waals surface area (Å²) in [6.45, 7) is 2.71. The predicted octanol–water partition coefficient (Wildman–Crippen LogP) is -0.694. The van der Waals surface area contributed by atoms with E-state index in [4.69, 9.17) is 0 Å². The molecule has 2 nitrogen and oxygen atoms in total. The quantitative estimate of drug-likeness (QED) is 0.362. The second-order valence-electron chi connectivity index (χ2n) is 0.826. The van der Waals surface area contributed by atoms with Crippen LogP contribution >= 0.6 is 0 Å². The Labute approximate surface area is 83.7 Å². The molecule has 3 heteroatoms.